The molecule has 1 aromatic heterocycles. The van der Waals surface area contributed by atoms with Crippen LogP contribution in [0.5, 0.6) is 0 Å². The molecule has 1 heterocycles. The highest BCUT2D eigenvalue weighted by molar-refractivity contribution is 7.12. The van der Waals surface area contributed by atoms with Gasteiger partial charge in [-0.1, -0.05) is 42.5 Å². The van der Waals surface area contributed by atoms with E-state index in [4.69, 9.17) is 0 Å². The summed E-state index contributed by atoms with van der Waals surface area (Å²) in [4.78, 5) is 24.8. The predicted octanol–water partition coefficient (Wildman–Crippen LogP) is 3.70. The van der Waals surface area contributed by atoms with Crippen molar-refractivity contribution in [2.24, 2.45) is 0 Å². The molecule has 4 nitrogen and oxygen atoms in total. The van der Waals surface area contributed by atoms with Crippen LogP contribution in [0.1, 0.15) is 25.6 Å². The van der Waals surface area contributed by atoms with E-state index in [2.05, 4.69) is 10.6 Å². The number of thiophene rings is 1. The van der Waals surface area contributed by atoms with Crippen LogP contribution in [-0.4, -0.2) is 18.9 Å². The molecule has 2 aromatic carbocycles. The largest absolute Gasteiger partial charge is 0.355 e. The van der Waals surface area contributed by atoms with Gasteiger partial charge in [0.2, 0.25) is 0 Å². The Morgan fingerprint density at radius 2 is 1.64 bits per heavy atom. The van der Waals surface area contributed by atoms with Crippen molar-refractivity contribution in [3.63, 3.8) is 0 Å². The number of nitrogens with one attached hydrogen (secondary N) is 2. The van der Waals surface area contributed by atoms with Gasteiger partial charge in [-0.2, -0.15) is 0 Å². The Bertz CT molecular complexity index is 870. The first kappa shape index (κ1) is 16.9. The highest BCUT2D eigenvalue weighted by Gasteiger charge is 2.14. The van der Waals surface area contributed by atoms with Crippen LogP contribution in [-0.2, 0) is 6.54 Å². The third kappa shape index (κ3) is 3.95. The second kappa shape index (κ2) is 7.77. The molecule has 0 spiro atoms. The highest BCUT2D eigenvalue weighted by atomic mass is 32.1. The summed E-state index contributed by atoms with van der Waals surface area (Å²) in [7, 11) is 1.60. The lowest BCUT2D eigenvalue weighted by atomic mass is 10.1. The summed E-state index contributed by atoms with van der Waals surface area (Å²) in [6, 6.07) is 19.0. The second-order valence-corrected chi connectivity index (χ2v) is 6.40. The molecule has 2 amide bonds. The highest BCUT2D eigenvalue weighted by Crippen LogP contribution is 2.28. The Morgan fingerprint density at radius 1 is 0.920 bits per heavy atom. The lowest BCUT2D eigenvalue weighted by Gasteiger charge is -2.07. The van der Waals surface area contributed by atoms with Gasteiger partial charge in [0.25, 0.3) is 11.8 Å². The first-order valence-electron chi connectivity index (χ1n) is 7.91. The van der Waals surface area contributed by atoms with Gasteiger partial charge in [-0.15, -0.1) is 11.3 Å². The van der Waals surface area contributed by atoms with Crippen LogP contribution in [0.15, 0.2) is 66.0 Å². The first-order valence-corrected chi connectivity index (χ1v) is 8.79. The van der Waals surface area contributed by atoms with Gasteiger partial charge in [-0.3, -0.25) is 9.59 Å². The van der Waals surface area contributed by atoms with Gasteiger partial charge >= 0.3 is 0 Å². The molecule has 5 heteroatoms. The topological polar surface area (TPSA) is 58.2 Å². The molecule has 0 saturated heterocycles. The van der Waals surface area contributed by atoms with E-state index in [1.807, 2.05) is 53.9 Å². The summed E-state index contributed by atoms with van der Waals surface area (Å²) in [5.41, 5.74) is 3.52. The summed E-state index contributed by atoms with van der Waals surface area (Å²) in [6.07, 6.45) is 0. The third-order valence-electron chi connectivity index (χ3n) is 3.85. The van der Waals surface area contributed by atoms with Crippen LogP contribution in [0.3, 0.4) is 0 Å². The van der Waals surface area contributed by atoms with Crippen molar-refractivity contribution >= 4 is 23.2 Å². The van der Waals surface area contributed by atoms with E-state index >= 15 is 0 Å². The van der Waals surface area contributed by atoms with Crippen LogP contribution in [0, 0.1) is 0 Å². The monoisotopic (exact) mass is 350 g/mol. The molecule has 0 fully saturated rings. The van der Waals surface area contributed by atoms with Gasteiger partial charge in [0.15, 0.2) is 0 Å². The molecule has 0 unspecified atom stereocenters. The van der Waals surface area contributed by atoms with Crippen molar-refractivity contribution in [2.45, 2.75) is 6.54 Å². The maximum atomic E-state index is 12.5. The Balaban J connectivity index is 1.68. The molecule has 3 aromatic rings. The van der Waals surface area contributed by atoms with Gasteiger partial charge in [0.1, 0.15) is 0 Å². The summed E-state index contributed by atoms with van der Waals surface area (Å²) in [6.45, 7) is 0.416. The molecule has 25 heavy (non-hydrogen) atoms. The zero-order chi connectivity index (χ0) is 17.6. The van der Waals surface area contributed by atoms with Crippen LogP contribution < -0.4 is 10.6 Å². The molecule has 0 atom stereocenters. The van der Waals surface area contributed by atoms with Gasteiger partial charge in [0.05, 0.1) is 4.88 Å². The molecule has 0 aliphatic rings. The molecular formula is C20H18N2O2S. The molecule has 0 aliphatic heterocycles. The van der Waals surface area contributed by atoms with Crippen molar-refractivity contribution in [3.05, 3.63) is 82.0 Å². The van der Waals surface area contributed by atoms with E-state index in [1.54, 1.807) is 19.2 Å². The molecule has 0 saturated carbocycles. The van der Waals surface area contributed by atoms with Crippen molar-refractivity contribution < 1.29 is 9.59 Å². The molecule has 3 rings (SSSR count). The Morgan fingerprint density at radius 3 is 2.32 bits per heavy atom. The lowest BCUT2D eigenvalue weighted by molar-refractivity contribution is 0.0949. The van der Waals surface area contributed by atoms with Crippen LogP contribution >= 0.6 is 11.3 Å². The van der Waals surface area contributed by atoms with Crippen molar-refractivity contribution in [3.8, 4) is 11.1 Å². The van der Waals surface area contributed by atoms with Crippen LogP contribution in [0.25, 0.3) is 11.1 Å². The average Bonchev–Trinajstić information content (AvgIpc) is 3.16. The molecule has 0 bridgehead atoms. The number of carbonyl (C=O) groups is 2. The molecule has 0 aliphatic carbocycles. The van der Waals surface area contributed by atoms with Crippen molar-refractivity contribution in [2.75, 3.05) is 7.05 Å². The number of rotatable bonds is 5. The summed E-state index contributed by atoms with van der Waals surface area (Å²) < 4.78 is 0. The van der Waals surface area contributed by atoms with E-state index in [0.717, 1.165) is 16.7 Å². The fourth-order valence-corrected chi connectivity index (χ4v) is 3.34. The average molecular weight is 350 g/mol. The van der Waals surface area contributed by atoms with Crippen LogP contribution in [0.4, 0.5) is 0 Å². The van der Waals surface area contributed by atoms with Gasteiger partial charge in [-0.25, -0.2) is 0 Å². The number of hydrogen-bond acceptors (Lipinski definition) is 3. The number of benzene rings is 2. The van der Waals surface area contributed by atoms with E-state index in [0.29, 0.717) is 17.0 Å². The number of amides is 2. The third-order valence-corrected chi connectivity index (χ3v) is 4.77. The van der Waals surface area contributed by atoms with Gasteiger partial charge in [0, 0.05) is 24.7 Å². The van der Waals surface area contributed by atoms with E-state index in [1.165, 1.54) is 11.3 Å². The Kier molecular flexibility index (Phi) is 5.26. The zero-order valence-corrected chi connectivity index (χ0v) is 14.6. The minimum absolute atomic E-state index is 0.0933. The quantitative estimate of drug-likeness (QED) is 0.737. The van der Waals surface area contributed by atoms with E-state index in [9.17, 15) is 9.59 Å². The minimum Gasteiger partial charge on any atom is -0.355 e. The first-order chi connectivity index (χ1) is 12.2. The number of carbonyl (C=O) groups excluding carboxylic acids is 2. The smallest absolute Gasteiger partial charge is 0.262 e. The minimum atomic E-state index is -0.123. The van der Waals surface area contributed by atoms with Gasteiger partial charge in [-0.05, 0) is 34.7 Å². The Hall–Kier alpha value is -2.92. The zero-order valence-electron chi connectivity index (χ0n) is 13.8. The molecular weight excluding hydrogens is 332 g/mol. The maximum absolute atomic E-state index is 12.5. The van der Waals surface area contributed by atoms with Gasteiger partial charge < -0.3 is 10.6 Å². The summed E-state index contributed by atoms with van der Waals surface area (Å²) in [5, 5.41) is 7.46. The molecule has 2 N–H and O–H groups in total. The maximum Gasteiger partial charge on any atom is 0.262 e. The SMILES string of the molecule is CNC(=O)c1ccc(CNC(=O)c2sccc2-c2ccccc2)cc1. The lowest BCUT2D eigenvalue weighted by Crippen LogP contribution is -2.22. The summed E-state index contributed by atoms with van der Waals surface area (Å²) in [5.74, 6) is -0.217. The van der Waals surface area contributed by atoms with Crippen molar-refractivity contribution in [1.82, 2.24) is 10.6 Å². The fourth-order valence-electron chi connectivity index (χ4n) is 2.51. The van der Waals surface area contributed by atoms with E-state index < -0.39 is 0 Å². The standard InChI is InChI=1S/C20H18N2O2S/c1-21-19(23)16-9-7-14(8-10-16)13-22-20(24)18-17(11-12-25-18)15-5-3-2-4-6-15/h2-12H,13H2,1H3,(H,21,23)(H,22,24). The van der Waals surface area contributed by atoms with Crippen LogP contribution in [0.2, 0.25) is 0 Å². The molecule has 126 valence electrons. The Labute approximate surface area is 150 Å². The predicted molar refractivity (Wildman–Crippen MR) is 101 cm³/mol. The fraction of sp³-hybridized carbons (Fsp3) is 0.100. The molecule has 0 radical (unpaired) electrons. The number of hydrogen-bond donors (Lipinski definition) is 2. The van der Waals surface area contributed by atoms with E-state index in [-0.39, 0.29) is 11.8 Å². The normalized spacial score (nSPS) is 10.3. The second-order valence-electron chi connectivity index (χ2n) is 5.49. The summed E-state index contributed by atoms with van der Waals surface area (Å²) >= 11 is 1.43. The van der Waals surface area contributed by atoms with Crippen molar-refractivity contribution in [1.29, 1.82) is 0 Å².